The van der Waals surface area contributed by atoms with Crippen LogP contribution in [0, 0.1) is 0 Å². The molecule has 4 rings (SSSR count). The maximum atomic E-state index is 13.0. The van der Waals surface area contributed by atoms with Gasteiger partial charge in [-0.25, -0.2) is 8.42 Å². The van der Waals surface area contributed by atoms with E-state index in [0.717, 1.165) is 5.56 Å². The number of halogens is 2. The summed E-state index contributed by atoms with van der Waals surface area (Å²) in [6, 6.07) is 18.1. The number of carbonyl (C=O) groups excluding carboxylic acids is 1. The van der Waals surface area contributed by atoms with Gasteiger partial charge < -0.3 is 5.32 Å². The van der Waals surface area contributed by atoms with Crippen LogP contribution in [0.1, 0.15) is 15.9 Å². The molecule has 1 amide bonds. The maximum Gasteiger partial charge on any atom is 0.264 e. The van der Waals surface area contributed by atoms with Gasteiger partial charge in [-0.3, -0.25) is 9.10 Å². The molecule has 0 unspecified atom stereocenters. The summed E-state index contributed by atoms with van der Waals surface area (Å²) in [5, 5.41) is 3.38. The maximum absolute atomic E-state index is 13.0. The molecule has 1 N–H and O–H groups in total. The molecule has 0 saturated heterocycles. The topological polar surface area (TPSA) is 66.5 Å². The van der Waals surface area contributed by atoms with Crippen LogP contribution in [0.3, 0.4) is 0 Å². The molecule has 8 heteroatoms. The normalized spacial score (nSPS) is 13.2. The number of rotatable bonds is 4. The second kappa shape index (κ2) is 7.71. The highest BCUT2D eigenvalue weighted by molar-refractivity contribution is 7.92. The van der Waals surface area contributed by atoms with Crippen LogP contribution in [0.5, 0.6) is 0 Å². The Bertz CT molecular complexity index is 1190. The van der Waals surface area contributed by atoms with Gasteiger partial charge in [0, 0.05) is 17.3 Å². The average molecular weight is 447 g/mol. The number of hydrogen-bond acceptors (Lipinski definition) is 3. The summed E-state index contributed by atoms with van der Waals surface area (Å²) >= 11 is 11.9. The number of para-hydroxylation sites is 1. The molecular weight excluding hydrogens is 431 g/mol. The van der Waals surface area contributed by atoms with Crippen molar-refractivity contribution in [3.8, 4) is 0 Å². The molecule has 5 nitrogen and oxygen atoms in total. The Morgan fingerprint density at radius 1 is 0.966 bits per heavy atom. The predicted molar refractivity (Wildman–Crippen MR) is 116 cm³/mol. The predicted octanol–water partition coefficient (Wildman–Crippen LogP) is 5.00. The SMILES string of the molecule is O=C(Nc1ccc(S(=O)(=O)N2CCc3ccccc32)cc1)c1ccc(Cl)cc1Cl. The standard InChI is InChI=1S/C21H16Cl2N2O3S/c22-15-5-10-18(19(23)13-15)21(26)24-16-6-8-17(9-7-16)29(27,28)25-12-11-14-3-1-2-4-20(14)25/h1-10,13H,11-12H2,(H,24,26). The Hall–Kier alpha value is -2.54. The van der Waals surface area contributed by atoms with Crippen molar-refractivity contribution in [2.24, 2.45) is 0 Å². The zero-order valence-corrected chi connectivity index (χ0v) is 17.4. The van der Waals surface area contributed by atoms with Gasteiger partial charge in [0.1, 0.15) is 0 Å². The summed E-state index contributed by atoms with van der Waals surface area (Å²) in [7, 11) is -3.68. The number of anilines is 2. The first-order valence-corrected chi connectivity index (χ1v) is 11.0. The molecule has 29 heavy (non-hydrogen) atoms. The van der Waals surface area contributed by atoms with E-state index in [4.69, 9.17) is 23.2 Å². The summed E-state index contributed by atoms with van der Waals surface area (Å²) in [5.41, 5.74) is 2.46. The molecule has 0 aliphatic carbocycles. The van der Waals surface area contributed by atoms with E-state index in [-0.39, 0.29) is 15.5 Å². The van der Waals surface area contributed by atoms with Gasteiger partial charge in [-0.05, 0) is 60.5 Å². The van der Waals surface area contributed by atoms with Gasteiger partial charge >= 0.3 is 0 Å². The van der Waals surface area contributed by atoms with E-state index in [1.807, 2.05) is 24.3 Å². The number of benzene rings is 3. The van der Waals surface area contributed by atoms with Crippen LogP contribution in [-0.4, -0.2) is 20.9 Å². The van der Waals surface area contributed by atoms with Crippen molar-refractivity contribution >= 4 is 50.5 Å². The summed E-state index contributed by atoms with van der Waals surface area (Å²) in [5.74, 6) is -0.407. The average Bonchev–Trinajstić information content (AvgIpc) is 3.13. The minimum atomic E-state index is -3.68. The first-order chi connectivity index (χ1) is 13.9. The highest BCUT2D eigenvalue weighted by atomic mass is 35.5. The molecule has 3 aromatic carbocycles. The minimum Gasteiger partial charge on any atom is -0.322 e. The van der Waals surface area contributed by atoms with Gasteiger partial charge in [0.2, 0.25) is 0 Å². The van der Waals surface area contributed by atoms with Crippen LogP contribution in [0.2, 0.25) is 10.0 Å². The molecule has 0 saturated carbocycles. The fourth-order valence-electron chi connectivity index (χ4n) is 3.27. The molecule has 0 radical (unpaired) electrons. The first-order valence-electron chi connectivity index (χ1n) is 8.83. The van der Waals surface area contributed by atoms with E-state index in [1.165, 1.54) is 28.6 Å². The van der Waals surface area contributed by atoms with Gasteiger partial charge in [0.15, 0.2) is 0 Å². The number of nitrogens with one attached hydrogen (secondary N) is 1. The third-order valence-electron chi connectivity index (χ3n) is 4.72. The number of fused-ring (bicyclic) bond motifs is 1. The van der Waals surface area contributed by atoms with Crippen LogP contribution in [0.4, 0.5) is 11.4 Å². The van der Waals surface area contributed by atoms with Crippen LogP contribution in [0.25, 0.3) is 0 Å². The highest BCUT2D eigenvalue weighted by Gasteiger charge is 2.30. The Morgan fingerprint density at radius 3 is 2.41 bits per heavy atom. The highest BCUT2D eigenvalue weighted by Crippen LogP contribution is 2.33. The van der Waals surface area contributed by atoms with E-state index in [1.54, 1.807) is 18.2 Å². The smallest absolute Gasteiger partial charge is 0.264 e. The number of carbonyl (C=O) groups is 1. The second-order valence-corrected chi connectivity index (χ2v) is 9.26. The Morgan fingerprint density at radius 2 is 1.69 bits per heavy atom. The van der Waals surface area contributed by atoms with Crippen molar-refractivity contribution < 1.29 is 13.2 Å². The fourth-order valence-corrected chi connectivity index (χ4v) is 5.26. The van der Waals surface area contributed by atoms with E-state index < -0.39 is 15.9 Å². The molecule has 0 bridgehead atoms. The molecule has 0 fully saturated rings. The number of hydrogen-bond donors (Lipinski definition) is 1. The molecule has 0 aromatic heterocycles. The van der Waals surface area contributed by atoms with Crippen LogP contribution in [0.15, 0.2) is 71.6 Å². The number of nitrogens with zero attached hydrogens (tertiary/aromatic N) is 1. The van der Waals surface area contributed by atoms with Gasteiger partial charge in [-0.15, -0.1) is 0 Å². The molecule has 1 aliphatic rings. The molecule has 1 heterocycles. The number of sulfonamides is 1. The zero-order chi connectivity index (χ0) is 20.6. The van der Waals surface area contributed by atoms with Crippen molar-refractivity contribution in [2.45, 2.75) is 11.3 Å². The summed E-state index contributed by atoms with van der Waals surface area (Å²) in [6.07, 6.45) is 0.686. The molecule has 3 aromatic rings. The van der Waals surface area contributed by atoms with Crippen molar-refractivity contribution in [3.05, 3.63) is 87.9 Å². The van der Waals surface area contributed by atoms with Crippen molar-refractivity contribution in [1.29, 1.82) is 0 Å². The first kappa shape index (κ1) is 19.8. The fraction of sp³-hybridized carbons (Fsp3) is 0.0952. The monoisotopic (exact) mass is 446 g/mol. The lowest BCUT2D eigenvalue weighted by molar-refractivity contribution is 0.102. The Balaban J connectivity index is 1.54. The van der Waals surface area contributed by atoms with Gasteiger partial charge in [-0.2, -0.15) is 0 Å². The summed E-state index contributed by atoms with van der Waals surface area (Å²) < 4.78 is 27.5. The minimum absolute atomic E-state index is 0.164. The summed E-state index contributed by atoms with van der Waals surface area (Å²) in [6.45, 7) is 0.412. The lowest BCUT2D eigenvalue weighted by atomic mass is 10.2. The number of amides is 1. The largest absolute Gasteiger partial charge is 0.322 e. The zero-order valence-electron chi connectivity index (χ0n) is 15.1. The third kappa shape index (κ3) is 3.83. The van der Waals surface area contributed by atoms with Crippen LogP contribution < -0.4 is 9.62 Å². The van der Waals surface area contributed by atoms with Crippen molar-refractivity contribution in [2.75, 3.05) is 16.2 Å². The molecule has 0 spiro atoms. The molecule has 0 atom stereocenters. The molecule has 148 valence electrons. The quantitative estimate of drug-likeness (QED) is 0.613. The van der Waals surface area contributed by atoms with Gasteiger partial charge in [0.25, 0.3) is 15.9 Å². The van der Waals surface area contributed by atoms with E-state index in [0.29, 0.717) is 29.4 Å². The van der Waals surface area contributed by atoms with E-state index >= 15 is 0 Å². The Labute approximate surface area is 178 Å². The van der Waals surface area contributed by atoms with E-state index in [2.05, 4.69) is 5.32 Å². The van der Waals surface area contributed by atoms with E-state index in [9.17, 15) is 13.2 Å². The van der Waals surface area contributed by atoms with Crippen LogP contribution >= 0.6 is 23.2 Å². The lowest BCUT2D eigenvalue weighted by Crippen LogP contribution is -2.29. The van der Waals surface area contributed by atoms with Gasteiger partial charge in [0.05, 0.1) is 21.2 Å². The Kier molecular flexibility index (Phi) is 5.25. The second-order valence-electron chi connectivity index (χ2n) is 6.56. The van der Waals surface area contributed by atoms with Crippen molar-refractivity contribution in [3.63, 3.8) is 0 Å². The third-order valence-corrected chi connectivity index (χ3v) is 7.10. The van der Waals surface area contributed by atoms with Crippen molar-refractivity contribution in [1.82, 2.24) is 0 Å². The molecular formula is C21H16Cl2N2O3S. The molecule has 1 aliphatic heterocycles. The lowest BCUT2D eigenvalue weighted by Gasteiger charge is -2.19. The van der Waals surface area contributed by atoms with Crippen LogP contribution in [-0.2, 0) is 16.4 Å². The van der Waals surface area contributed by atoms with Gasteiger partial charge in [-0.1, -0.05) is 41.4 Å². The summed E-state index contributed by atoms with van der Waals surface area (Å²) in [4.78, 5) is 12.6.